The molecule has 0 saturated heterocycles. The Labute approximate surface area is 133 Å². The topological polar surface area (TPSA) is 76.9 Å². The highest BCUT2D eigenvalue weighted by atomic mass is 35.5. The van der Waals surface area contributed by atoms with Crippen LogP contribution in [0, 0.1) is 5.41 Å². The normalized spacial score (nSPS) is 14.3. The van der Waals surface area contributed by atoms with Gasteiger partial charge in [-0.2, -0.15) is 0 Å². The Balaban J connectivity index is 2.22. The second kappa shape index (κ2) is 6.04. The molecular formula is C12H17ClN4O2S2. The zero-order valence-corrected chi connectivity index (χ0v) is 14.3. The van der Waals surface area contributed by atoms with Gasteiger partial charge in [-0.3, -0.25) is 0 Å². The molecule has 9 heteroatoms. The molecule has 0 amide bonds. The Hall–Kier alpha value is -0.960. The van der Waals surface area contributed by atoms with Crippen molar-refractivity contribution in [3.8, 4) is 0 Å². The molecule has 0 fully saturated rings. The average molecular weight is 349 g/mol. The summed E-state index contributed by atoms with van der Waals surface area (Å²) in [4.78, 5) is 7.75. The van der Waals surface area contributed by atoms with Crippen LogP contribution in [0.3, 0.4) is 0 Å². The number of sulfonamides is 1. The van der Waals surface area contributed by atoms with Crippen molar-refractivity contribution in [2.24, 2.45) is 5.41 Å². The molecular weight excluding hydrogens is 332 g/mol. The van der Waals surface area contributed by atoms with Gasteiger partial charge < -0.3 is 4.57 Å². The molecule has 6 nitrogen and oxygen atoms in total. The molecule has 0 spiro atoms. The fourth-order valence-electron chi connectivity index (χ4n) is 1.70. The van der Waals surface area contributed by atoms with Crippen LogP contribution in [0.2, 0.25) is 4.47 Å². The lowest BCUT2D eigenvalue weighted by atomic mass is 9.87. The van der Waals surface area contributed by atoms with E-state index in [4.69, 9.17) is 11.6 Å². The first-order valence-corrected chi connectivity index (χ1v) is 8.95. The third-order valence-corrected chi connectivity index (χ3v) is 6.06. The minimum absolute atomic E-state index is 0.118. The van der Waals surface area contributed by atoms with Crippen LogP contribution in [0.25, 0.3) is 0 Å². The molecule has 0 radical (unpaired) electrons. The summed E-state index contributed by atoms with van der Waals surface area (Å²) in [5.74, 6) is 0. The van der Waals surface area contributed by atoms with E-state index >= 15 is 0 Å². The minimum Gasteiger partial charge on any atom is -0.336 e. The van der Waals surface area contributed by atoms with E-state index in [1.807, 2.05) is 25.3 Å². The summed E-state index contributed by atoms with van der Waals surface area (Å²) in [5, 5.41) is 0. The highest BCUT2D eigenvalue weighted by molar-refractivity contribution is 7.91. The monoisotopic (exact) mass is 348 g/mol. The number of halogens is 1. The summed E-state index contributed by atoms with van der Waals surface area (Å²) in [7, 11) is -3.64. The quantitative estimate of drug-likeness (QED) is 0.900. The molecule has 2 rings (SSSR count). The third-order valence-electron chi connectivity index (χ3n) is 3.02. The van der Waals surface area contributed by atoms with Crippen molar-refractivity contribution in [3.05, 3.63) is 29.4 Å². The van der Waals surface area contributed by atoms with Gasteiger partial charge in [-0.1, -0.05) is 43.7 Å². The van der Waals surface area contributed by atoms with Crippen LogP contribution in [0.15, 0.2) is 29.1 Å². The van der Waals surface area contributed by atoms with E-state index in [0.717, 1.165) is 11.3 Å². The molecule has 0 aliphatic carbocycles. The predicted octanol–water partition coefficient (Wildman–Crippen LogP) is 2.39. The van der Waals surface area contributed by atoms with Crippen molar-refractivity contribution in [3.63, 3.8) is 0 Å². The number of rotatable bonds is 5. The molecule has 116 valence electrons. The minimum atomic E-state index is -3.64. The number of thiazole rings is 1. The zero-order chi connectivity index (χ0) is 15.7. The van der Waals surface area contributed by atoms with Gasteiger partial charge in [0.25, 0.3) is 10.0 Å². The zero-order valence-electron chi connectivity index (χ0n) is 11.9. The second-order valence-electron chi connectivity index (χ2n) is 5.73. The SMILES string of the molecule is CC(C)(C)C(Cn1ccnc1)NS(=O)(=O)c1cnc(Cl)s1. The Bertz CT molecular complexity index is 689. The summed E-state index contributed by atoms with van der Waals surface area (Å²) < 4.78 is 29.7. The molecule has 0 aliphatic rings. The number of aromatic nitrogens is 3. The molecule has 2 aromatic rings. The fourth-order valence-corrected chi connectivity index (χ4v) is 4.44. The van der Waals surface area contributed by atoms with E-state index in [1.165, 1.54) is 6.20 Å². The van der Waals surface area contributed by atoms with Gasteiger partial charge in [0.1, 0.15) is 0 Å². The van der Waals surface area contributed by atoms with E-state index in [0.29, 0.717) is 6.54 Å². The predicted molar refractivity (Wildman–Crippen MR) is 82.9 cm³/mol. The Morgan fingerprint density at radius 1 is 1.48 bits per heavy atom. The van der Waals surface area contributed by atoms with Gasteiger partial charge in [0.15, 0.2) is 8.68 Å². The van der Waals surface area contributed by atoms with Crippen LogP contribution in [0.5, 0.6) is 0 Å². The summed E-state index contributed by atoms with van der Waals surface area (Å²) in [6.45, 7) is 6.44. The number of hydrogen-bond acceptors (Lipinski definition) is 5. The highest BCUT2D eigenvalue weighted by Gasteiger charge is 2.30. The molecule has 1 atom stereocenters. The van der Waals surface area contributed by atoms with Crippen molar-refractivity contribution in [2.75, 3.05) is 0 Å². The number of hydrogen-bond donors (Lipinski definition) is 1. The van der Waals surface area contributed by atoms with Crippen LogP contribution in [-0.2, 0) is 16.6 Å². The summed E-state index contributed by atoms with van der Waals surface area (Å²) >= 11 is 6.65. The Morgan fingerprint density at radius 2 is 2.19 bits per heavy atom. The maximum absolute atomic E-state index is 12.4. The summed E-state index contributed by atoms with van der Waals surface area (Å²) in [5.41, 5.74) is -0.258. The van der Waals surface area contributed by atoms with Crippen LogP contribution >= 0.6 is 22.9 Å². The number of imidazole rings is 1. The highest BCUT2D eigenvalue weighted by Crippen LogP contribution is 2.26. The largest absolute Gasteiger partial charge is 0.336 e. The van der Waals surface area contributed by atoms with Crippen molar-refractivity contribution in [1.29, 1.82) is 0 Å². The maximum atomic E-state index is 12.4. The van der Waals surface area contributed by atoms with Crippen LogP contribution in [0.4, 0.5) is 0 Å². The average Bonchev–Trinajstić information content (AvgIpc) is 2.98. The van der Waals surface area contributed by atoms with E-state index in [9.17, 15) is 8.42 Å². The molecule has 2 aromatic heterocycles. The van der Waals surface area contributed by atoms with Crippen LogP contribution in [-0.4, -0.2) is 29.0 Å². The van der Waals surface area contributed by atoms with Gasteiger partial charge in [-0.05, 0) is 5.41 Å². The van der Waals surface area contributed by atoms with Gasteiger partial charge in [0, 0.05) is 25.0 Å². The fraction of sp³-hybridized carbons (Fsp3) is 0.500. The van der Waals surface area contributed by atoms with E-state index in [1.54, 1.807) is 18.7 Å². The van der Waals surface area contributed by atoms with Crippen LogP contribution in [0.1, 0.15) is 20.8 Å². The first-order chi connectivity index (χ1) is 9.68. The van der Waals surface area contributed by atoms with E-state index in [2.05, 4.69) is 14.7 Å². The second-order valence-corrected chi connectivity index (χ2v) is 9.29. The maximum Gasteiger partial charge on any atom is 0.252 e. The van der Waals surface area contributed by atoms with E-state index < -0.39 is 10.0 Å². The molecule has 2 heterocycles. The smallest absolute Gasteiger partial charge is 0.252 e. The first-order valence-electron chi connectivity index (χ1n) is 6.28. The third kappa shape index (κ3) is 4.26. The van der Waals surface area contributed by atoms with Gasteiger partial charge in [0.2, 0.25) is 0 Å². The molecule has 0 aliphatic heterocycles. The van der Waals surface area contributed by atoms with Crippen molar-refractivity contribution >= 4 is 33.0 Å². The molecule has 0 aromatic carbocycles. The summed E-state index contributed by atoms with van der Waals surface area (Å²) in [6.07, 6.45) is 6.40. The lowest BCUT2D eigenvalue weighted by Crippen LogP contribution is -2.46. The number of nitrogens with zero attached hydrogens (tertiary/aromatic N) is 3. The van der Waals surface area contributed by atoms with Crippen molar-refractivity contribution < 1.29 is 8.42 Å². The summed E-state index contributed by atoms with van der Waals surface area (Å²) in [6, 6.07) is -0.294. The Kier molecular flexibility index (Phi) is 4.72. The van der Waals surface area contributed by atoms with Gasteiger partial charge in [-0.15, -0.1) is 0 Å². The first kappa shape index (κ1) is 16.4. The lowest BCUT2D eigenvalue weighted by Gasteiger charge is -2.31. The van der Waals surface area contributed by atoms with Gasteiger partial charge >= 0.3 is 0 Å². The Morgan fingerprint density at radius 3 is 2.67 bits per heavy atom. The lowest BCUT2D eigenvalue weighted by molar-refractivity contribution is 0.271. The number of nitrogens with one attached hydrogen (secondary N) is 1. The van der Waals surface area contributed by atoms with E-state index in [-0.39, 0.29) is 20.1 Å². The van der Waals surface area contributed by atoms with Crippen LogP contribution < -0.4 is 4.72 Å². The molecule has 21 heavy (non-hydrogen) atoms. The molecule has 0 saturated carbocycles. The standard InChI is InChI=1S/C12H17ClN4O2S2/c1-12(2,3)9(7-17-5-4-14-8-17)16-21(18,19)10-6-15-11(13)20-10/h4-6,8-9,16H,7H2,1-3H3. The van der Waals surface area contributed by atoms with Gasteiger partial charge in [0.05, 0.1) is 12.5 Å². The van der Waals surface area contributed by atoms with Gasteiger partial charge in [-0.25, -0.2) is 23.1 Å². The van der Waals surface area contributed by atoms with Crippen molar-refractivity contribution in [1.82, 2.24) is 19.3 Å². The molecule has 1 N–H and O–H groups in total. The van der Waals surface area contributed by atoms with Crippen molar-refractivity contribution in [2.45, 2.75) is 37.6 Å². The molecule has 0 bridgehead atoms. The molecule has 1 unspecified atom stereocenters.